The molecular weight excluding hydrogens is 550 g/mol. The van der Waals surface area contributed by atoms with Crippen molar-refractivity contribution in [2.75, 3.05) is 18.0 Å². The molecule has 2 amide bonds. The second kappa shape index (κ2) is 14.4. The SMILES string of the molecule is CC[C@@H](C(=O)NC1CCCCC1)N(Cc1ccccc1C)C(=O)CN(c1cccc(OC)c1)S(=O)(=O)c1ccccc1. The van der Waals surface area contributed by atoms with Gasteiger partial charge in [0.05, 0.1) is 17.7 Å². The predicted octanol–water partition coefficient (Wildman–Crippen LogP) is 5.46. The zero-order valence-electron chi connectivity index (χ0n) is 24.7. The lowest BCUT2D eigenvalue weighted by atomic mass is 9.95. The first kappa shape index (κ1) is 31.1. The molecule has 0 spiro atoms. The Balaban J connectivity index is 1.72. The molecular formula is C33H41N3O5S. The van der Waals surface area contributed by atoms with Crippen molar-refractivity contribution in [2.45, 2.75) is 75.9 Å². The van der Waals surface area contributed by atoms with Crippen molar-refractivity contribution in [3.8, 4) is 5.75 Å². The number of nitrogens with zero attached hydrogens (tertiary/aromatic N) is 2. The summed E-state index contributed by atoms with van der Waals surface area (Å²) in [6.45, 7) is 3.54. The number of carbonyl (C=O) groups is 2. The van der Waals surface area contributed by atoms with Gasteiger partial charge in [-0.2, -0.15) is 0 Å². The van der Waals surface area contributed by atoms with Crippen LogP contribution < -0.4 is 14.4 Å². The topological polar surface area (TPSA) is 96.0 Å². The summed E-state index contributed by atoms with van der Waals surface area (Å²) in [5.41, 5.74) is 2.18. The molecule has 0 aromatic heterocycles. The summed E-state index contributed by atoms with van der Waals surface area (Å²) in [5, 5.41) is 3.18. The van der Waals surface area contributed by atoms with Crippen molar-refractivity contribution in [3.63, 3.8) is 0 Å². The molecule has 3 aromatic rings. The number of hydrogen-bond acceptors (Lipinski definition) is 5. The molecule has 1 N–H and O–H groups in total. The van der Waals surface area contributed by atoms with Crippen LogP contribution in [0.25, 0.3) is 0 Å². The first-order valence-corrected chi connectivity index (χ1v) is 16.0. The molecule has 0 radical (unpaired) electrons. The summed E-state index contributed by atoms with van der Waals surface area (Å²) in [5.74, 6) is -0.209. The fourth-order valence-corrected chi connectivity index (χ4v) is 6.88. The second-order valence-electron chi connectivity index (χ2n) is 10.7. The van der Waals surface area contributed by atoms with E-state index in [1.54, 1.807) is 42.5 Å². The minimum Gasteiger partial charge on any atom is -0.497 e. The van der Waals surface area contributed by atoms with E-state index in [0.717, 1.165) is 47.5 Å². The number of nitrogens with one attached hydrogen (secondary N) is 1. The number of benzene rings is 3. The minimum atomic E-state index is -4.13. The van der Waals surface area contributed by atoms with Crippen LogP contribution in [-0.2, 0) is 26.2 Å². The van der Waals surface area contributed by atoms with Crippen LogP contribution in [0.4, 0.5) is 5.69 Å². The van der Waals surface area contributed by atoms with Crippen molar-refractivity contribution >= 4 is 27.5 Å². The number of anilines is 1. The summed E-state index contributed by atoms with van der Waals surface area (Å²) < 4.78 is 34.4. The highest BCUT2D eigenvalue weighted by Crippen LogP contribution is 2.28. The third-order valence-corrected chi connectivity index (χ3v) is 9.68. The fourth-order valence-electron chi connectivity index (χ4n) is 5.45. The number of aryl methyl sites for hydroxylation is 1. The highest BCUT2D eigenvalue weighted by molar-refractivity contribution is 7.92. The van der Waals surface area contributed by atoms with Crippen molar-refractivity contribution < 1.29 is 22.7 Å². The lowest BCUT2D eigenvalue weighted by Gasteiger charge is -2.34. The molecule has 1 atom stereocenters. The first-order valence-electron chi connectivity index (χ1n) is 14.6. The van der Waals surface area contributed by atoms with Gasteiger partial charge in [0.2, 0.25) is 11.8 Å². The summed E-state index contributed by atoms with van der Waals surface area (Å²) in [6.07, 6.45) is 5.54. The third kappa shape index (κ3) is 7.50. The van der Waals surface area contributed by atoms with Gasteiger partial charge in [-0.1, -0.05) is 74.7 Å². The van der Waals surface area contributed by atoms with E-state index >= 15 is 0 Å². The van der Waals surface area contributed by atoms with E-state index in [-0.39, 0.29) is 23.4 Å². The van der Waals surface area contributed by atoms with Gasteiger partial charge in [0.15, 0.2) is 0 Å². The average Bonchev–Trinajstić information content (AvgIpc) is 3.01. The molecule has 3 aromatic carbocycles. The molecule has 1 aliphatic rings. The van der Waals surface area contributed by atoms with Crippen molar-refractivity contribution in [1.29, 1.82) is 0 Å². The molecule has 42 heavy (non-hydrogen) atoms. The number of rotatable bonds is 12. The molecule has 1 saturated carbocycles. The van der Waals surface area contributed by atoms with Crippen LogP contribution in [-0.4, -0.2) is 50.9 Å². The molecule has 0 unspecified atom stereocenters. The lowest BCUT2D eigenvalue weighted by Crippen LogP contribution is -2.54. The van der Waals surface area contributed by atoms with Crippen LogP contribution in [0.1, 0.15) is 56.6 Å². The van der Waals surface area contributed by atoms with Crippen molar-refractivity contribution in [3.05, 3.63) is 90.0 Å². The highest BCUT2D eigenvalue weighted by Gasteiger charge is 2.34. The van der Waals surface area contributed by atoms with E-state index < -0.39 is 28.5 Å². The maximum atomic E-state index is 14.3. The quantitative estimate of drug-likeness (QED) is 0.302. The Bertz CT molecular complexity index is 1460. The van der Waals surface area contributed by atoms with Gasteiger partial charge in [0.25, 0.3) is 10.0 Å². The smallest absolute Gasteiger partial charge is 0.264 e. The summed E-state index contributed by atoms with van der Waals surface area (Å²) in [6, 6.07) is 21.7. The van der Waals surface area contributed by atoms with Gasteiger partial charge in [-0.3, -0.25) is 13.9 Å². The van der Waals surface area contributed by atoms with E-state index in [2.05, 4.69) is 5.32 Å². The van der Waals surface area contributed by atoms with Crippen LogP contribution in [0.3, 0.4) is 0 Å². The molecule has 0 bridgehead atoms. The van der Waals surface area contributed by atoms with Crippen LogP contribution in [0, 0.1) is 6.92 Å². The largest absolute Gasteiger partial charge is 0.497 e. The number of ether oxygens (including phenoxy) is 1. The summed E-state index contributed by atoms with van der Waals surface area (Å²) >= 11 is 0. The van der Waals surface area contributed by atoms with Gasteiger partial charge in [-0.15, -0.1) is 0 Å². The molecule has 0 aliphatic heterocycles. The monoisotopic (exact) mass is 591 g/mol. The van der Waals surface area contributed by atoms with E-state index in [1.165, 1.54) is 24.1 Å². The van der Waals surface area contributed by atoms with Gasteiger partial charge in [0.1, 0.15) is 18.3 Å². The molecule has 9 heteroatoms. The van der Waals surface area contributed by atoms with Gasteiger partial charge in [-0.05, 0) is 61.6 Å². The number of methoxy groups -OCH3 is 1. The summed E-state index contributed by atoms with van der Waals surface area (Å²) in [4.78, 5) is 29.5. The number of amides is 2. The Morgan fingerprint density at radius 3 is 2.31 bits per heavy atom. The second-order valence-corrected chi connectivity index (χ2v) is 12.6. The van der Waals surface area contributed by atoms with Crippen molar-refractivity contribution in [2.24, 2.45) is 0 Å². The average molecular weight is 592 g/mol. The van der Waals surface area contributed by atoms with E-state index in [9.17, 15) is 18.0 Å². The molecule has 224 valence electrons. The number of hydrogen-bond donors (Lipinski definition) is 1. The molecule has 0 heterocycles. The van der Waals surface area contributed by atoms with E-state index in [0.29, 0.717) is 17.9 Å². The lowest BCUT2D eigenvalue weighted by molar-refractivity contribution is -0.140. The van der Waals surface area contributed by atoms with Gasteiger partial charge in [0, 0.05) is 18.7 Å². The maximum Gasteiger partial charge on any atom is 0.264 e. The Morgan fingerprint density at radius 1 is 0.952 bits per heavy atom. The van der Waals surface area contributed by atoms with Crippen LogP contribution >= 0.6 is 0 Å². The first-order chi connectivity index (χ1) is 20.2. The minimum absolute atomic E-state index is 0.0631. The molecule has 4 rings (SSSR count). The zero-order valence-corrected chi connectivity index (χ0v) is 25.5. The Kier molecular flexibility index (Phi) is 10.6. The van der Waals surface area contributed by atoms with Gasteiger partial charge < -0.3 is 15.0 Å². The standard InChI is InChI=1S/C33H41N3O5S/c1-4-31(33(38)34-27-16-7-5-8-17-27)35(23-26-15-12-11-14-25(26)2)32(37)24-36(28-18-13-19-29(22-28)41-3)42(39,40)30-20-9-6-10-21-30/h6,9-15,18-22,27,31H,4-5,7-8,16-17,23-24H2,1-3H3,(H,34,38)/t31-/m0/s1. The van der Waals surface area contributed by atoms with Crippen LogP contribution in [0.5, 0.6) is 5.75 Å². The van der Waals surface area contributed by atoms with E-state index in [4.69, 9.17) is 4.74 Å². The van der Waals surface area contributed by atoms with E-state index in [1.807, 2.05) is 38.1 Å². The predicted molar refractivity (Wildman–Crippen MR) is 165 cm³/mol. The Hall–Kier alpha value is -3.85. The molecule has 8 nitrogen and oxygen atoms in total. The fraction of sp³-hybridized carbons (Fsp3) is 0.394. The van der Waals surface area contributed by atoms with Gasteiger partial charge in [-0.25, -0.2) is 8.42 Å². The highest BCUT2D eigenvalue weighted by atomic mass is 32.2. The molecule has 0 saturated heterocycles. The zero-order chi connectivity index (χ0) is 30.1. The van der Waals surface area contributed by atoms with Crippen molar-refractivity contribution in [1.82, 2.24) is 10.2 Å². The van der Waals surface area contributed by atoms with Crippen LogP contribution in [0.2, 0.25) is 0 Å². The van der Waals surface area contributed by atoms with Crippen LogP contribution in [0.15, 0.2) is 83.8 Å². The summed E-state index contributed by atoms with van der Waals surface area (Å²) in [7, 11) is -2.63. The Labute approximate surface area is 249 Å². The molecule has 1 fully saturated rings. The normalized spacial score (nSPS) is 14.5. The number of sulfonamides is 1. The maximum absolute atomic E-state index is 14.3. The molecule has 1 aliphatic carbocycles. The Morgan fingerprint density at radius 2 is 1.64 bits per heavy atom. The third-order valence-electron chi connectivity index (χ3n) is 7.89. The van der Waals surface area contributed by atoms with Gasteiger partial charge >= 0.3 is 0 Å². The number of carbonyl (C=O) groups excluding carboxylic acids is 2.